The largest absolute Gasteiger partial charge is 0.492 e. The normalized spacial score (nSPS) is 16.7. The van der Waals surface area contributed by atoms with E-state index in [1.165, 1.54) is 11.2 Å². The number of aromatic nitrogens is 1. The van der Waals surface area contributed by atoms with Gasteiger partial charge >= 0.3 is 0 Å². The minimum Gasteiger partial charge on any atom is -0.492 e. The molecule has 0 spiro atoms. The Morgan fingerprint density at radius 2 is 1.70 bits per heavy atom. The molecule has 2 N–H and O–H groups in total. The van der Waals surface area contributed by atoms with E-state index in [-0.39, 0.29) is 30.2 Å². The number of halogens is 1. The van der Waals surface area contributed by atoms with Crippen LogP contribution in [-0.4, -0.2) is 139 Å². The molecule has 13 heteroatoms. The zero-order chi connectivity index (χ0) is 40.2. The maximum Gasteiger partial charge on any atom is 0.259 e. The zero-order valence-corrected chi connectivity index (χ0v) is 33.7. The van der Waals surface area contributed by atoms with Gasteiger partial charge in [-0.05, 0) is 87.2 Å². The van der Waals surface area contributed by atoms with Crippen molar-refractivity contribution in [1.29, 1.82) is 0 Å². The Balaban J connectivity index is 1.00. The van der Waals surface area contributed by atoms with Crippen LogP contribution in [-0.2, 0) is 11.2 Å². The molecular formula is C44H54ClN7O5. The molecule has 0 saturated carbocycles. The van der Waals surface area contributed by atoms with Gasteiger partial charge < -0.3 is 25.0 Å². The van der Waals surface area contributed by atoms with Crippen LogP contribution in [0, 0.1) is 5.92 Å². The van der Waals surface area contributed by atoms with Crippen LogP contribution in [0.2, 0.25) is 5.02 Å². The van der Waals surface area contributed by atoms with Gasteiger partial charge in [0.25, 0.3) is 11.8 Å². The van der Waals surface area contributed by atoms with E-state index < -0.39 is 5.60 Å². The van der Waals surface area contributed by atoms with Crippen LogP contribution in [0.4, 0.5) is 0 Å². The number of pyridine rings is 1. The molecule has 4 aromatic rings. The Hall–Kier alpha value is -4.88. The number of aliphatic hydroxyl groups is 1. The molecule has 0 bridgehead atoms. The molecule has 0 aliphatic carbocycles. The molecule has 3 heterocycles. The van der Waals surface area contributed by atoms with Gasteiger partial charge in [0.05, 0.1) is 29.0 Å². The average molecular weight is 796 g/mol. The third-order valence-corrected chi connectivity index (χ3v) is 11.3. The lowest BCUT2D eigenvalue weighted by Crippen LogP contribution is -2.53. The molecule has 2 fully saturated rings. The summed E-state index contributed by atoms with van der Waals surface area (Å²) in [5.41, 5.74) is 1.49. The first-order valence-corrected chi connectivity index (χ1v) is 20.2. The molecule has 6 rings (SSSR count). The zero-order valence-electron chi connectivity index (χ0n) is 33.0. The monoisotopic (exact) mass is 795 g/mol. The Bertz CT molecular complexity index is 1980. The Morgan fingerprint density at radius 1 is 0.982 bits per heavy atom. The fraction of sp³-hybridized carbons (Fsp3) is 0.432. The van der Waals surface area contributed by atoms with Crippen LogP contribution in [0.3, 0.4) is 0 Å². The van der Waals surface area contributed by atoms with Gasteiger partial charge in [0.2, 0.25) is 5.91 Å². The van der Waals surface area contributed by atoms with Crippen LogP contribution in [0.25, 0.3) is 10.9 Å². The van der Waals surface area contributed by atoms with Crippen molar-refractivity contribution in [3.05, 3.63) is 107 Å². The summed E-state index contributed by atoms with van der Waals surface area (Å²) in [5, 5.41) is 16.1. The van der Waals surface area contributed by atoms with Crippen molar-refractivity contribution in [2.24, 2.45) is 10.9 Å². The van der Waals surface area contributed by atoms with Crippen LogP contribution >= 0.6 is 11.6 Å². The molecule has 2 aliphatic rings. The molecule has 3 aromatic carbocycles. The number of hydrogen-bond donors (Lipinski definition) is 2. The number of amides is 3. The molecule has 2 saturated heterocycles. The highest BCUT2D eigenvalue weighted by atomic mass is 35.5. The number of rotatable bonds is 16. The van der Waals surface area contributed by atoms with Crippen LogP contribution in [0.15, 0.2) is 90.1 Å². The van der Waals surface area contributed by atoms with Crippen LogP contribution < -0.4 is 10.1 Å². The van der Waals surface area contributed by atoms with Gasteiger partial charge in [-0.2, -0.15) is 0 Å². The second-order valence-corrected chi connectivity index (χ2v) is 15.6. The quantitative estimate of drug-likeness (QED) is 0.0918. The van der Waals surface area contributed by atoms with Crippen molar-refractivity contribution in [3.63, 3.8) is 0 Å². The van der Waals surface area contributed by atoms with E-state index in [0.29, 0.717) is 85.8 Å². The first-order valence-electron chi connectivity index (χ1n) is 19.9. The van der Waals surface area contributed by atoms with Gasteiger partial charge in [-0.25, -0.2) is 0 Å². The average Bonchev–Trinajstić information content (AvgIpc) is 3.23. The molecule has 0 radical (unpaired) electrons. The van der Waals surface area contributed by atoms with Crippen molar-refractivity contribution in [2.45, 2.75) is 37.7 Å². The maximum atomic E-state index is 14.1. The Kier molecular flexibility index (Phi) is 14.7. The van der Waals surface area contributed by atoms with Crippen molar-refractivity contribution >= 4 is 46.6 Å². The third-order valence-electron chi connectivity index (χ3n) is 11.0. The number of fused-ring (bicyclic) bond motifs is 1. The number of piperazine rings is 1. The minimum atomic E-state index is -1.19. The number of ether oxygens (including phenoxy) is 1. The third kappa shape index (κ3) is 11.6. The Labute approximate surface area is 340 Å². The second kappa shape index (κ2) is 20.0. The number of aliphatic imine (C=N–C) groups is 1. The number of carbonyl (C=O) groups excluding carboxylic acids is 3. The second-order valence-electron chi connectivity index (χ2n) is 15.2. The number of carbonyl (C=O) groups is 3. The lowest BCUT2D eigenvalue weighted by atomic mass is 9.88. The predicted octanol–water partition coefficient (Wildman–Crippen LogP) is 5.04. The van der Waals surface area contributed by atoms with Gasteiger partial charge in [-0.3, -0.25) is 34.2 Å². The standard InChI is InChI=1S/C44H54ClN7O5/c1-46-32-52(42(54)34-10-13-37(14-11-34)57-28-27-50-25-23-49(2)24-26-50)31-44(56)17-21-51(22-18-44)43(55)36(29-33-7-4-3-5-8-33)9-6-19-48-41(53)35-12-15-38-39(45)16-20-47-40(38)30-35/h3-5,7-8,10-16,20,30,32,36,56H,6,9,17-19,21-29,31H2,1-2H3,(H,48,53). The maximum absolute atomic E-state index is 14.1. The molecule has 1 atom stereocenters. The SMILES string of the molecule is CN=CN(CC1(O)CCN(C(=O)C(CCCNC(=O)c2ccc3c(Cl)ccnc3c2)Cc2ccccc2)CC1)C(=O)c1ccc(OCCN2CCN(C)CC2)cc1. The van der Waals surface area contributed by atoms with Crippen LogP contribution in [0.1, 0.15) is 52.0 Å². The predicted molar refractivity (Wildman–Crippen MR) is 224 cm³/mol. The number of nitrogens with one attached hydrogen (secondary N) is 1. The summed E-state index contributed by atoms with van der Waals surface area (Å²) in [6, 6.07) is 24.0. The van der Waals surface area contributed by atoms with Gasteiger partial charge in [-0.15, -0.1) is 0 Å². The summed E-state index contributed by atoms with van der Waals surface area (Å²) in [4.78, 5) is 57.1. The van der Waals surface area contributed by atoms with Crippen molar-refractivity contribution in [1.82, 2.24) is 29.9 Å². The van der Waals surface area contributed by atoms with E-state index in [9.17, 15) is 19.5 Å². The smallest absolute Gasteiger partial charge is 0.259 e. The number of hydrogen-bond acceptors (Lipinski definition) is 9. The van der Waals surface area contributed by atoms with Crippen molar-refractivity contribution < 1.29 is 24.2 Å². The number of benzene rings is 3. The topological polar surface area (TPSA) is 131 Å². The van der Waals surface area contributed by atoms with E-state index in [1.807, 2.05) is 35.2 Å². The van der Waals surface area contributed by atoms with Crippen molar-refractivity contribution in [3.8, 4) is 5.75 Å². The highest BCUT2D eigenvalue weighted by Crippen LogP contribution is 2.27. The summed E-state index contributed by atoms with van der Waals surface area (Å²) in [6.45, 7) is 6.80. The molecule has 302 valence electrons. The first kappa shape index (κ1) is 41.7. The van der Waals surface area contributed by atoms with Gasteiger partial charge in [0.15, 0.2) is 0 Å². The van der Waals surface area contributed by atoms with Gasteiger partial charge in [0.1, 0.15) is 12.4 Å². The molecule has 1 aromatic heterocycles. The highest BCUT2D eigenvalue weighted by molar-refractivity contribution is 6.35. The van der Waals surface area contributed by atoms with E-state index in [0.717, 1.165) is 43.7 Å². The van der Waals surface area contributed by atoms with E-state index in [1.54, 1.807) is 61.8 Å². The van der Waals surface area contributed by atoms with E-state index >= 15 is 0 Å². The molecule has 57 heavy (non-hydrogen) atoms. The lowest BCUT2D eigenvalue weighted by Gasteiger charge is -2.41. The van der Waals surface area contributed by atoms with E-state index in [2.05, 4.69) is 32.1 Å². The van der Waals surface area contributed by atoms with E-state index in [4.69, 9.17) is 16.3 Å². The minimum absolute atomic E-state index is 0.0265. The van der Waals surface area contributed by atoms with Crippen LogP contribution in [0.5, 0.6) is 5.75 Å². The summed E-state index contributed by atoms with van der Waals surface area (Å²) in [6.07, 6.45) is 5.48. The summed E-state index contributed by atoms with van der Waals surface area (Å²) in [5.74, 6) is -0.0515. The van der Waals surface area contributed by atoms with Gasteiger partial charge in [-0.1, -0.05) is 48.0 Å². The Morgan fingerprint density at radius 3 is 2.42 bits per heavy atom. The molecule has 1 unspecified atom stereocenters. The lowest BCUT2D eigenvalue weighted by molar-refractivity contribution is -0.140. The molecular weight excluding hydrogens is 742 g/mol. The number of likely N-dealkylation sites (N-methyl/N-ethyl adjacent to an activating group) is 1. The summed E-state index contributed by atoms with van der Waals surface area (Å²) in [7, 11) is 3.73. The van der Waals surface area contributed by atoms with Crippen molar-refractivity contribution in [2.75, 3.05) is 79.6 Å². The summed E-state index contributed by atoms with van der Waals surface area (Å²) < 4.78 is 5.96. The highest BCUT2D eigenvalue weighted by Gasteiger charge is 2.38. The summed E-state index contributed by atoms with van der Waals surface area (Å²) >= 11 is 6.26. The molecule has 12 nitrogen and oxygen atoms in total. The number of likely N-dealkylation sites (tertiary alicyclic amines) is 1. The molecule has 3 amide bonds. The number of nitrogens with zero attached hydrogens (tertiary/aromatic N) is 6. The first-order chi connectivity index (χ1) is 27.6. The fourth-order valence-corrected chi connectivity index (χ4v) is 7.74. The van der Waals surface area contributed by atoms with Gasteiger partial charge in [0, 0.05) is 88.0 Å². The molecule has 2 aliphatic heterocycles. The fourth-order valence-electron chi connectivity index (χ4n) is 7.52. The number of piperidine rings is 1.